The first-order valence-electron chi connectivity index (χ1n) is 13.9. The van der Waals surface area contributed by atoms with Gasteiger partial charge in [0.05, 0.1) is 23.8 Å². The Hall–Kier alpha value is -4.19. The minimum atomic E-state index is -4.50. The number of nitrogens with one attached hydrogen (secondary N) is 1. The number of hydrogen-bond donors (Lipinski definition) is 2. The number of carboxylic acid groups (broad SMARTS) is 1. The largest absolute Gasteiger partial charge is 0.465 e. The molecule has 0 unspecified atom stereocenters. The SMILES string of the molecule is CC(C)(C)OC(=O)N[C@@H](Cc1ccc(C(F)(F)F)cc1)CN(C(=O)O)c1sc(-c2ccc3cnccc3c2)nc1C(C)(C)C. The van der Waals surface area contributed by atoms with Crippen molar-refractivity contribution in [2.45, 2.75) is 71.2 Å². The van der Waals surface area contributed by atoms with E-state index >= 15 is 0 Å². The number of fused-ring (bicyclic) bond motifs is 1. The average molecular weight is 629 g/mol. The van der Waals surface area contributed by atoms with Crippen molar-refractivity contribution in [2.24, 2.45) is 0 Å². The number of carbonyl (C=O) groups is 2. The molecule has 0 aliphatic carbocycles. The molecule has 44 heavy (non-hydrogen) atoms. The number of benzene rings is 2. The Morgan fingerprint density at radius 1 is 1.00 bits per heavy atom. The molecule has 2 aromatic carbocycles. The van der Waals surface area contributed by atoms with Gasteiger partial charge in [-0.05, 0) is 62.4 Å². The third kappa shape index (κ3) is 8.25. The van der Waals surface area contributed by atoms with Gasteiger partial charge in [-0.2, -0.15) is 13.2 Å². The molecule has 2 aromatic heterocycles. The number of hydrogen-bond acceptors (Lipinski definition) is 6. The normalized spacial score (nSPS) is 13.0. The second-order valence-electron chi connectivity index (χ2n) is 12.5. The summed E-state index contributed by atoms with van der Waals surface area (Å²) < 4.78 is 44.8. The maximum atomic E-state index is 13.1. The minimum absolute atomic E-state index is 0.0520. The van der Waals surface area contributed by atoms with E-state index in [1.54, 1.807) is 33.2 Å². The average Bonchev–Trinajstić information content (AvgIpc) is 3.36. The fourth-order valence-corrected chi connectivity index (χ4v) is 5.82. The lowest BCUT2D eigenvalue weighted by Gasteiger charge is -2.29. The quantitative estimate of drug-likeness (QED) is 0.213. The monoisotopic (exact) mass is 628 g/mol. The molecule has 12 heteroatoms. The number of anilines is 1. The van der Waals surface area contributed by atoms with E-state index in [4.69, 9.17) is 9.72 Å². The van der Waals surface area contributed by atoms with Crippen molar-refractivity contribution in [2.75, 3.05) is 11.4 Å². The van der Waals surface area contributed by atoms with Crippen LogP contribution in [0.1, 0.15) is 58.4 Å². The van der Waals surface area contributed by atoms with Gasteiger partial charge < -0.3 is 15.2 Å². The molecule has 0 bridgehead atoms. The van der Waals surface area contributed by atoms with E-state index < -0.39 is 41.0 Å². The van der Waals surface area contributed by atoms with Crippen LogP contribution in [0, 0.1) is 0 Å². The van der Waals surface area contributed by atoms with Gasteiger partial charge in [0.15, 0.2) is 0 Å². The van der Waals surface area contributed by atoms with Crippen LogP contribution in [0.25, 0.3) is 21.3 Å². The van der Waals surface area contributed by atoms with Crippen molar-refractivity contribution in [3.8, 4) is 10.6 Å². The third-order valence-electron chi connectivity index (χ3n) is 6.57. The maximum absolute atomic E-state index is 13.1. The van der Waals surface area contributed by atoms with Crippen molar-refractivity contribution >= 4 is 39.3 Å². The van der Waals surface area contributed by atoms with Crippen molar-refractivity contribution < 1.29 is 32.6 Å². The van der Waals surface area contributed by atoms with Gasteiger partial charge in [-0.3, -0.25) is 9.88 Å². The van der Waals surface area contributed by atoms with E-state index in [1.807, 2.05) is 45.0 Å². The Labute approximate surface area is 257 Å². The van der Waals surface area contributed by atoms with Crippen LogP contribution >= 0.6 is 11.3 Å². The molecule has 0 radical (unpaired) electrons. The summed E-state index contributed by atoms with van der Waals surface area (Å²) in [5.41, 5.74) is -0.320. The highest BCUT2D eigenvalue weighted by molar-refractivity contribution is 7.19. The Kier molecular flexibility index (Phi) is 9.24. The van der Waals surface area contributed by atoms with Gasteiger partial charge in [-0.15, -0.1) is 0 Å². The molecule has 234 valence electrons. The topological polar surface area (TPSA) is 105 Å². The molecule has 0 saturated carbocycles. The van der Waals surface area contributed by atoms with Crippen LogP contribution in [-0.4, -0.2) is 45.4 Å². The predicted molar refractivity (Wildman–Crippen MR) is 165 cm³/mol. The number of ether oxygens (including phenoxy) is 1. The summed E-state index contributed by atoms with van der Waals surface area (Å²) in [5.74, 6) is 0. The number of thiazole rings is 1. The molecule has 2 amide bonds. The first-order valence-corrected chi connectivity index (χ1v) is 14.7. The summed E-state index contributed by atoms with van der Waals surface area (Å²) in [6, 6.07) is 11.4. The first kappa shape index (κ1) is 32.7. The molecule has 8 nitrogen and oxygen atoms in total. The molecule has 2 heterocycles. The van der Waals surface area contributed by atoms with Crippen LogP contribution in [0.4, 0.5) is 27.8 Å². The molecule has 0 fully saturated rings. The van der Waals surface area contributed by atoms with Crippen LogP contribution in [0.15, 0.2) is 60.9 Å². The standard InChI is InChI=1S/C32H35F3N4O4S/c1-30(2,3)25-27(44-26(38-25)21-9-10-22-17-36-14-13-20(22)16-21)39(29(41)42)18-24(37-28(40)43-31(4,5)6)15-19-7-11-23(12-8-19)32(33,34)35/h7-14,16-17,24H,15,18H2,1-6H3,(H,37,40)(H,41,42)/t24-/m0/s1. The predicted octanol–water partition coefficient (Wildman–Crippen LogP) is 8.30. The number of alkyl halides is 3. The molecule has 4 rings (SSSR count). The van der Waals surface area contributed by atoms with Crippen molar-refractivity contribution in [1.29, 1.82) is 0 Å². The van der Waals surface area contributed by atoms with Crippen LogP contribution in [0.2, 0.25) is 0 Å². The highest BCUT2D eigenvalue weighted by Gasteiger charge is 2.33. The number of halogens is 3. The van der Waals surface area contributed by atoms with E-state index in [-0.39, 0.29) is 13.0 Å². The number of amides is 2. The van der Waals surface area contributed by atoms with Gasteiger partial charge in [0.1, 0.15) is 15.6 Å². The van der Waals surface area contributed by atoms with E-state index in [2.05, 4.69) is 10.3 Å². The molecule has 2 N–H and O–H groups in total. The van der Waals surface area contributed by atoms with Gasteiger partial charge >= 0.3 is 18.4 Å². The molecule has 4 aromatic rings. The van der Waals surface area contributed by atoms with Crippen LogP contribution < -0.4 is 10.2 Å². The summed E-state index contributed by atoms with van der Waals surface area (Å²) in [7, 11) is 0. The lowest BCUT2D eigenvalue weighted by Crippen LogP contribution is -2.48. The van der Waals surface area contributed by atoms with Crippen LogP contribution in [0.5, 0.6) is 0 Å². The van der Waals surface area contributed by atoms with E-state index in [1.165, 1.54) is 23.5 Å². The molecule has 0 saturated heterocycles. The molecule has 1 atom stereocenters. The fourth-order valence-electron chi connectivity index (χ4n) is 4.54. The Bertz CT molecular complexity index is 1640. The van der Waals surface area contributed by atoms with E-state index in [0.717, 1.165) is 33.4 Å². The Morgan fingerprint density at radius 2 is 1.68 bits per heavy atom. The Morgan fingerprint density at radius 3 is 2.27 bits per heavy atom. The van der Waals surface area contributed by atoms with Gasteiger partial charge in [0.2, 0.25) is 0 Å². The number of pyridine rings is 1. The Balaban J connectivity index is 1.72. The van der Waals surface area contributed by atoms with E-state index in [0.29, 0.717) is 21.3 Å². The second kappa shape index (κ2) is 12.4. The van der Waals surface area contributed by atoms with Crippen LogP contribution in [-0.2, 0) is 22.7 Å². The summed E-state index contributed by atoms with van der Waals surface area (Å²) in [6.07, 6.45) is -3.03. The minimum Gasteiger partial charge on any atom is -0.465 e. The zero-order chi connectivity index (χ0) is 32.4. The number of nitrogens with zero attached hydrogens (tertiary/aromatic N) is 3. The first-order chi connectivity index (χ1) is 20.4. The lowest BCUT2D eigenvalue weighted by atomic mass is 9.92. The number of alkyl carbamates (subject to hydrolysis) is 1. The number of rotatable bonds is 7. The molecular weight excluding hydrogens is 593 g/mol. The summed E-state index contributed by atoms with van der Waals surface area (Å²) in [6.45, 7) is 10.7. The maximum Gasteiger partial charge on any atom is 0.416 e. The van der Waals surface area contributed by atoms with Gasteiger partial charge in [-0.25, -0.2) is 14.6 Å². The summed E-state index contributed by atoms with van der Waals surface area (Å²) in [5, 5.41) is 16.1. The summed E-state index contributed by atoms with van der Waals surface area (Å²) >= 11 is 1.22. The highest BCUT2D eigenvalue weighted by atomic mass is 32.1. The highest BCUT2D eigenvalue weighted by Crippen LogP contribution is 2.41. The molecular formula is C32H35F3N4O4S. The summed E-state index contributed by atoms with van der Waals surface area (Å²) in [4.78, 5) is 35.7. The number of aromatic nitrogens is 2. The van der Waals surface area contributed by atoms with Crippen LogP contribution in [0.3, 0.4) is 0 Å². The third-order valence-corrected chi connectivity index (χ3v) is 7.70. The fraction of sp³-hybridized carbons (Fsp3) is 0.375. The second-order valence-corrected chi connectivity index (χ2v) is 13.5. The zero-order valence-electron chi connectivity index (χ0n) is 25.3. The van der Waals surface area contributed by atoms with Crippen molar-refractivity contribution in [3.63, 3.8) is 0 Å². The smallest absolute Gasteiger partial charge is 0.416 e. The van der Waals surface area contributed by atoms with Gasteiger partial charge in [-0.1, -0.05) is 56.4 Å². The molecule has 0 aliphatic heterocycles. The van der Waals surface area contributed by atoms with Gasteiger partial charge in [0, 0.05) is 28.8 Å². The lowest BCUT2D eigenvalue weighted by molar-refractivity contribution is -0.137. The van der Waals surface area contributed by atoms with Gasteiger partial charge in [0.25, 0.3) is 0 Å². The van der Waals surface area contributed by atoms with E-state index in [9.17, 15) is 27.9 Å². The molecule has 0 aliphatic rings. The molecule has 0 spiro atoms. The number of carbonyl (C=O) groups excluding carboxylic acids is 1. The van der Waals surface area contributed by atoms with Crippen molar-refractivity contribution in [3.05, 3.63) is 77.7 Å². The zero-order valence-corrected chi connectivity index (χ0v) is 26.1. The van der Waals surface area contributed by atoms with Crippen molar-refractivity contribution in [1.82, 2.24) is 15.3 Å².